The number of hydrogen-bond donors (Lipinski definition) is 0. The number of esters is 1. The molecule has 2 aromatic carbocycles. The lowest BCUT2D eigenvalue weighted by atomic mass is 9.90. The summed E-state index contributed by atoms with van der Waals surface area (Å²) in [5.74, 6) is -0.975. The fourth-order valence-corrected chi connectivity index (χ4v) is 5.63. The monoisotopic (exact) mass is 427 g/mol. The Balaban J connectivity index is 1.42. The van der Waals surface area contributed by atoms with Crippen molar-refractivity contribution in [1.82, 2.24) is 4.31 Å². The van der Waals surface area contributed by atoms with Gasteiger partial charge >= 0.3 is 5.97 Å². The van der Waals surface area contributed by atoms with Crippen molar-refractivity contribution < 1.29 is 22.7 Å². The molecular formula is C23H25NO5S. The molecule has 0 bridgehead atoms. The number of ketones is 1. The van der Waals surface area contributed by atoms with Crippen LogP contribution in [0.4, 0.5) is 0 Å². The molecule has 1 fully saturated rings. The molecule has 0 N–H and O–H groups in total. The number of carbonyl (C=O) groups excluding carboxylic acids is 2. The molecule has 0 amide bonds. The first-order chi connectivity index (χ1) is 14.4. The molecule has 2 aromatic rings. The minimum Gasteiger partial charge on any atom is -0.454 e. The van der Waals surface area contributed by atoms with Crippen LogP contribution in [-0.2, 0) is 27.6 Å². The van der Waals surface area contributed by atoms with Gasteiger partial charge in [0.15, 0.2) is 12.4 Å². The summed E-state index contributed by atoms with van der Waals surface area (Å²) in [5, 5.41) is 0. The third-order valence-electron chi connectivity index (χ3n) is 5.78. The minimum absolute atomic E-state index is 0.0693. The van der Waals surface area contributed by atoms with Crippen molar-refractivity contribution in [2.75, 3.05) is 19.7 Å². The maximum atomic E-state index is 12.7. The fourth-order valence-electron chi connectivity index (χ4n) is 4.07. The van der Waals surface area contributed by atoms with Gasteiger partial charge in [0.25, 0.3) is 0 Å². The van der Waals surface area contributed by atoms with Crippen LogP contribution in [-0.4, -0.2) is 44.2 Å². The Hall–Kier alpha value is -2.51. The average molecular weight is 428 g/mol. The van der Waals surface area contributed by atoms with E-state index in [4.69, 9.17) is 4.74 Å². The SMILES string of the molecule is O=C(COC(=O)c1cccc(S(=O)(=O)N2CCCC2)c1)c1ccc2c(c1)CCCC2. The summed E-state index contributed by atoms with van der Waals surface area (Å²) in [5.41, 5.74) is 3.13. The van der Waals surface area contributed by atoms with Crippen molar-refractivity contribution in [3.8, 4) is 0 Å². The predicted molar refractivity (Wildman–Crippen MR) is 112 cm³/mol. The van der Waals surface area contributed by atoms with Crippen LogP contribution in [0.1, 0.15) is 57.5 Å². The molecule has 1 aliphatic heterocycles. The molecule has 0 saturated carbocycles. The van der Waals surface area contributed by atoms with E-state index in [-0.39, 0.29) is 22.8 Å². The van der Waals surface area contributed by atoms with Crippen molar-refractivity contribution >= 4 is 21.8 Å². The summed E-state index contributed by atoms with van der Waals surface area (Å²) in [4.78, 5) is 25.0. The number of carbonyl (C=O) groups is 2. The number of benzene rings is 2. The summed E-state index contributed by atoms with van der Waals surface area (Å²) in [7, 11) is -3.62. The molecule has 1 heterocycles. The molecule has 0 spiro atoms. The number of rotatable bonds is 6. The Bertz CT molecular complexity index is 1070. The molecule has 4 rings (SSSR count). The van der Waals surface area contributed by atoms with Crippen LogP contribution in [0.5, 0.6) is 0 Å². The largest absolute Gasteiger partial charge is 0.454 e. The van der Waals surface area contributed by atoms with Gasteiger partial charge in [0.05, 0.1) is 10.5 Å². The minimum atomic E-state index is -3.62. The van der Waals surface area contributed by atoms with Gasteiger partial charge in [-0.25, -0.2) is 13.2 Å². The van der Waals surface area contributed by atoms with Crippen LogP contribution in [0.2, 0.25) is 0 Å². The zero-order chi connectivity index (χ0) is 21.1. The zero-order valence-electron chi connectivity index (χ0n) is 16.8. The van der Waals surface area contributed by atoms with Gasteiger partial charge in [0, 0.05) is 18.7 Å². The highest BCUT2D eigenvalue weighted by molar-refractivity contribution is 7.89. The van der Waals surface area contributed by atoms with Gasteiger partial charge in [-0.2, -0.15) is 4.31 Å². The highest BCUT2D eigenvalue weighted by atomic mass is 32.2. The Kier molecular flexibility index (Phi) is 6.01. The van der Waals surface area contributed by atoms with Gasteiger partial charge in [-0.05, 0) is 73.9 Å². The van der Waals surface area contributed by atoms with E-state index in [0.29, 0.717) is 18.7 Å². The first-order valence-corrected chi connectivity index (χ1v) is 11.8. The van der Waals surface area contributed by atoms with E-state index in [1.165, 1.54) is 46.1 Å². The topological polar surface area (TPSA) is 80.8 Å². The molecule has 1 saturated heterocycles. The molecule has 7 heteroatoms. The number of Topliss-reactive ketones (excluding diaryl/α,β-unsaturated/α-hetero) is 1. The number of fused-ring (bicyclic) bond motifs is 1. The van der Waals surface area contributed by atoms with Crippen molar-refractivity contribution in [2.45, 2.75) is 43.4 Å². The van der Waals surface area contributed by atoms with E-state index in [2.05, 4.69) is 0 Å². The number of aryl methyl sites for hydroxylation is 2. The van der Waals surface area contributed by atoms with Crippen LogP contribution in [0.15, 0.2) is 47.4 Å². The van der Waals surface area contributed by atoms with Crippen LogP contribution >= 0.6 is 0 Å². The third-order valence-corrected chi connectivity index (χ3v) is 7.67. The van der Waals surface area contributed by atoms with Crippen LogP contribution in [0, 0.1) is 0 Å². The summed E-state index contributed by atoms with van der Waals surface area (Å²) in [6.45, 7) is 0.610. The lowest BCUT2D eigenvalue weighted by Crippen LogP contribution is -2.28. The molecule has 0 aromatic heterocycles. The Morgan fingerprint density at radius 1 is 0.867 bits per heavy atom. The summed E-state index contributed by atoms with van der Waals surface area (Å²) in [6.07, 6.45) is 5.97. The van der Waals surface area contributed by atoms with Crippen molar-refractivity contribution in [3.63, 3.8) is 0 Å². The van der Waals surface area contributed by atoms with E-state index in [9.17, 15) is 18.0 Å². The predicted octanol–water partition coefficient (Wildman–Crippen LogP) is 3.39. The maximum Gasteiger partial charge on any atom is 0.338 e. The highest BCUT2D eigenvalue weighted by Gasteiger charge is 2.28. The molecule has 30 heavy (non-hydrogen) atoms. The fraction of sp³-hybridized carbons (Fsp3) is 0.391. The smallest absolute Gasteiger partial charge is 0.338 e. The molecule has 2 aliphatic rings. The van der Waals surface area contributed by atoms with E-state index >= 15 is 0 Å². The molecule has 6 nitrogen and oxygen atoms in total. The number of nitrogens with zero attached hydrogens (tertiary/aromatic N) is 1. The summed E-state index contributed by atoms with van der Waals surface area (Å²) in [6, 6.07) is 11.5. The maximum absolute atomic E-state index is 12.7. The second-order valence-electron chi connectivity index (χ2n) is 7.83. The lowest BCUT2D eigenvalue weighted by molar-refractivity contribution is 0.0474. The van der Waals surface area contributed by atoms with Crippen molar-refractivity contribution in [3.05, 3.63) is 64.7 Å². The van der Waals surface area contributed by atoms with Gasteiger partial charge in [-0.1, -0.05) is 18.2 Å². The standard InChI is InChI=1S/C23H25NO5S/c25-22(19-11-10-17-6-1-2-7-18(17)14-19)16-29-23(26)20-8-5-9-21(15-20)30(27,28)24-12-3-4-13-24/h5,8-11,14-15H,1-4,6-7,12-13,16H2. The Morgan fingerprint density at radius 3 is 2.37 bits per heavy atom. The van der Waals surface area contributed by atoms with E-state index in [0.717, 1.165) is 32.1 Å². The third kappa shape index (κ3) is 4.32. The average Bonchev–Trinajstić information content (AvgIpc) is 3.33. The van der Waals surface area contributed by atoms with Gasteiger partial charge < -0.3 is 4.74 Å². The second kappa shape index (κ2) is 8.70. The number of hydrogen-bond acceptors (Lipinski definition) is 5. The Morgan fingerprint density at radius 2 is 1.60 bits per heavy atom. The normalized spacial score (nSPS) is 16.8. The van der Waals surface area contributed by atoms with Gasteiger partial charge in [0.2, 0.25) is 10.0 Å². The summed E-state index contributed by atoms with van der Waals surface area (Å²) < 4.78 is 32.0. The van der Waals surface area contributed by atoms with Gasteiger partial charge in [-0.15, -0.1) is 0 Å². The number of sulfonamides is 1. The van der Waals surface area contributed by atoms with E-state index in [1.807, 2.05) is 12.1 Å². The van der Waals surface area contributed by atoms with E-state index in [1.54, 1.807) is 6.07 Å². The van der Waals surface area contributed by atoms with Crippen LogP contribution < -0.4 is 0 Å². The summed E-state index contributed by atoms with van der Waals surface area (Å²) >= 11 is 0. The molecule has 0 radical (unpaired) electrons. The molecule has 0 unspecified atom stereocenters. The molecule has 1 aliphatic carbocycles. The van der Waals surface area contributed by atoms with Crippen LogP contribution in [0.25, 0.3) is 0 Å². The molecule has 0 atom stereocenters. The van der Waals surface area contributed by atoms with Gasteiger partial charge in [-0.3, -0.25) is 4.79 Å². The highest BCUT2D eigenvalue weighted by Crippen LogP contribution is 2.23. The Labute approximate surface area is 176 Å². The second-order valence-corrected chi connectivity index (χ2v) is 9.77. The quantitative estimate of drug-likeness (QED) is 0.521. The first kappa shape index (κ1) is 20.8. The molecule has 158 valence electrons. The molecular weight excluding hydrogens is 402 g/mol. The van der Waals surface area contributed by atoms with Gasteiger partial charge in [0.1, 0.15) is 0 Å². The van der Waals surface area contributed by atoms with E-state index < -0.39 is 16.0 Å². The zero-order valence-corrected chi connectivity index (χ0v) is 17.6. The lowest BCUT2D eigenvalue weighted by Gasteiger charge is -2.16. The van der Waals surface area contributed by atoms with Crippen LogP contribution in [0.3, 0.4) is 0 Å². The van der Waals surface area contributed by atoms with Crippen molar-refractivity contribution in [2.24, 2.45) is 0 Å². The first-order valence-electron chi connectivity index (χ1n) is 10.4. The van der Waals surface area contributed by atoms with Crippen molar-refractivity contribution in [1.29, 1.82) is 0 Å². The number of ether oxygens (including phenoxy) is 1.